The van der Waals surface area contributed by atoms with E-state index in [1.54, 1.807) is 0 Å². The molecule has 0 aromatic rings. The summed E-state index contributed by atoms with van der Waals surface area (Å²) in [7, 11) is 0. The van der Waals surface area contributed by atoms with E-state index in [9.17, 15) is 4.79 Å². The van der Waals surface area contributed by atoms with Crippen molar-refractivity contribution in [1.82, 2.24) is 10.2 Å². The van der Waals surface area contributed by atoms with Crippen molar-refractivity contribution in [3.63, 3.8) is 0 Å². The molecule has 0 aliphatic carbocycles. The molecule has 0 atom stereocenters. The summed E-state index contributed by atoms with van der Waals surface area (Å²) in [4.78, 5) is 12.2. The average molecular weight is 159 g/mol. The Morgan fingerprint density at radius 3 is 2.73 bits per heavy atom. The zero-order valence-corrected chi connectivity index (χ0v) is 6.38. The van der Waals surface area contributed by atoms with Crippen LogP contribution in [-0.4, -0.2) is 43.9 Å². The Bertz CT molecular complexity index is 134. The van der Waals surface area contributed by atoms with E-state index in [0.717, 1.165) is 26.2 Å². The number of piperazine rings is 1. The fourth-order valence-electron chi connectivity index (χ4n) is 0.995. The molecule has 1 saturated heterocycles. The summed E-state index contributed by atoms with van der Waals surface area (Å²) in [5.41, 5.74) is 4.81. The molecule has 64 valence electrons. The van der Waals surface area contributed by atoms with Crippen LogP contribution in [0.3, 0.4) is 0 Å². The molecular weight excluding hydrogens is 146 g/mol. The van der Waals surface area contributed by atoms with Crippen molar-refractivity contribution in [3.8, 4) is 0 Å². The summed E-state index contributed by atoms with van der Waals surface area (Å²) in [5, 5.41) is 3.19. The maximum atomic E-state index is 10.2. The number of nitrogens with zero attached hydrogens (tertiary/aromatic N) is 1. The number of primary amides is 1. The van der Waals surface area contributed by atoms with Crippen LogP contribution in [0.5, 0.6) is 0 Å². The molecule has 0 aromatic carbocycles. The normalized spacial score (nSPS) is 19.6. The van der Waals surface area contributed by atoms with E-state index in [1.807, 2.05) is 4.90 Å². The van der Waals surface area contributed by atoms with E-state index < -0.39 is 6.09 Å². The van der Waals surface area contributed by atoms with Gasteiger partial charge in [0.1, 0.15) is 6.73 Å². The number of ether oxygens (including phenoxy) is 1. The number of carbonyl (C=O) groups excluding carboxylic acids is 1. The largest absolute Gasteiger partial charge is 0.434 e. The monoisotopic (exact) mass is 159 g/mol. The molecule has 0 aromatic heterocycles. The van der Waals surface area contributed by atoms with E-state index >= 15 is 0 Å². The molecule has 0 bridgehead atoms. The molecule has 0 unspecified atom stereocenters. The molecule has 0 radical (unpaired) electrons. The van der Waals surface area contributed by atoms with Gasteiger partial charge in [0.15, 0.2) is 0 Å². The molecule has 11 heavy (non-hydrogen) atoms. The third kappa shape index (κ3) is 3.20. The van der Waals surface area contributed by atoms with Gasteiger partial charge < -0.3 is 15.8 Å². The van der Waals surface area contributed by atoms with Gasteiger partial charge in [-0.15, -0.1) is 0 Å². The maximum absolute atomic E-state index is 10.2. The van der Waals surface area contributed by atoms with Crippen LogP contribution >= 0.6 is 0 Å². The number of rotatable bonds is 2. The van der Waals surface area contributed by atoms with Crippen LogP contribution in [0.15, 0.2) is 0 Å². The molecule has 1 aliphatic rings. The van der Waals surface area contributed by atoms with Gasteiger partial charge in [-0.2, -0.15) is 0 Å². The Hall–Kier alpha value is -0.810. The van der Waals surface area contributed by atoms with Crippen molar-refractivity contribution >= 4 is 6.09 Å². The fraction of sp³-hybridized carbons (Fsp3) is 0.833. The second-order valence-corrected chi connectivity index (χ2v) is 2.46. The lowest BCUT2D eigenvalue weighted by Crippen LogP contribution is -2.44. The van der Waals surface area contributed by atoms with Crippen molar-refractivity contribution in [1.29, 1.82) is 0 Å². The van der Waals surface area contributed by atoms with Gasteiger partial charge in [-0.3, -0.25) is 4.90 Å². The van der Waals surface area contributed by atoms with Gasteiger partial charge in [-0.25, -0.2) is 4.79 Å². The van der Waals surface area contributed by atoms with Gasteiger partial charge in [-0.1, -0.05) is 0 Å². The van der Waals surface area contributed by atoms with E-state index in [0.29, 0.717) is 6.73 Å². The predicted octanol–water partition coefficient (Wildman–Crippen LogP) is -1.06. The van der Waals surface area contributed by atoms with Crippen LogP contribution in [0.4, 0.5) is 4.79 Å². The number of hydrogen-bond acceptors (Lipinski definition) is 4. The molecule has 5 heteroatoms. The number of nitrogens with one attached hydrogen (secondary N) is 1. The highest BCUT2D eigenvalue weighted by Crippen LogP contribution is 1.91. The van der Waals surface area contributed by atoms with Gasteiger partial charge in [0.05, 0.1) is 0 Å². The summed E-state index contributed by atoms with van der Waals surface area (Å²) in [5.74, 6) is 0. The summed E-state index contributed by atoms with van der Waals surface area (Å²) in [6.45, 7) is 4.03. The van der Waals surface area contributed by atoms with Crippen LogP contribution in [0.2, 0.25) is 0 Å². The van der Waals surface area contributed by atoms with Crippen molar-refractivity contribution < 1.29 is 9.53 Å². The zero-order valence-electron chi connectivity index (χ0n) is 6.38. The van der Waals surface area contributed by atoms with Crippen molar-refractivity contribution in [2.24, 2.45) is 5.73 Å². The first-order chi connectivity index (χ1) is 5.29. The molecule has 5 nitrogen and oxygen atoms in total. The lowest BCUT2D eigenvalue weighted by Gasteiger charge is -2.25. The van der Waals surface area contributed by atoms with Crippen LogP contribution in [0, 0.1) is 0 Å². The number of carbonyl (C=O) groups is 1. The minimum Gasteiger partial charge on any atom is -0.434 e. The number of amides is 1. The Morgan fingerprint density at radius 2 is 2.18 bits per heavy atom. The molecule has 0 saturated carbocycles. The Morgan fingerprint density at radius 1 is 1.55 bits per heavy atom. The van der Waals surface area contributed by atoms with Gasteiger partial charge >= 0.3 is 6.09 Å². The van der Waals surface area contributed by atoms with E-state index in [2.05, 4.69) is 10.1 Å². The van der Waals surface area contributed by atoms with Crippen LogP contribution in [0.1, 0.15) is 0 Å². The predicted molar refractivity (Wildman–Crippen MR) is 40.0 cm³/mol. The first kappa shape index (κ1) is 8.29. The lowest BCUT2D eigenvalue weighted by molar-refractivity contribution is 0.0675. The first-order valence-corrected chi connectivity index (χ1v) is 3.64. The quantitative estimate of drug-likeness (QED) is 0.539. The second kappa shape index (κ2) is 4.15. The van der Waals surface area contributed by atoms with Crippen LogP contribution in [-0.2, 0) is 4.74 Å². The average Bonchev–Trinajstić information content (AvgIpc) is 2.03. The molecule has 1 fully saturated rings. The van der Waals surface area contributed by atoms with E-state index in [1.165, 1.54) is 0 Å². The van der Waals surface area contributed by atoms with Crippen molar-refractivity contribution in [2.45, 2.75) is 0 Å². The Balaban J connectivity index is 2.09. The third-order valence-electron chi connectivity index (χ3n) is 1.60. The highest BCUT2D eigenvalue weighted by molar-refractivity contribution is 5.64. The molecule has 1 rings (SSSR count). The van der Waals surface area contributed by atoms with Crippen molar-refractivity contribution in [3.05, 3.63) is 0 Å². The SMILES string of the molecule is NC(=O)OCN1CCNCC1. The molecule has 3 N–H and O–H groups in total. The van der Waals surface area contributed by atoms with Gasteiger partial charge in [0, 0.05) is 26.2 Å². The maximum Gasteiger partial charge on any atom is 0.405 e. The summed E-state index contributed by atoms with van der Waals surface area (Å²) < 4.78 is 4.62. The number of hydrogen-bond donors (Lipinski definition) is 2. The summed E-state index contributed by atoms with van der Waals surface area (Å²) in [6, 6.07) is 0. The van der Waals surface area contributed by atoms with Gasteiger partial charge in [0.2, 0.25) is 0 Å². The lowest BCUT2D eigenvalue weighted by atomic mass is 10.4. The molecule has 1 heterocycles. The summed E-state index contributed by atoms with van der Waals surface area (Å²) >= 11 is 0. The Kier molecular flexibility index (Phi) is 3.13. The van der Waals surface area contributed by atoms with E-state index in [-0.39, 0.29) is 0 Å². The topological polar surface area (TPSA) is 67.6 Å². The standard InChI is InChI=1S/C6H13N3O2/c7-6(10)11-5-9-3-1-8-2-4-9/h8H,1-5H2,(H2,7,10). The Labute approximate surface area is 65.5 Å². The molecule has 1 amide bonds. The molecule has 1 aliphatic heterocycles. The van der Waals surface area contributed by atoms with Crippen LogP contribution in [0.25, 0.3) is 0 Å². The van der Waals surface area contributed by atoms with E-state index in [4.69, 9.17) is 5.73 Å². The van der Waals surface area contributed by atoms with Gasteiger partial charge in [-0.05, 0) is 0 Å². The van der Waals surface area contributed by atoms with Gasteiger partial charge in [0.25, 0.3) is 0 Å². The highest BCUT2D eigenvalue weighted by Gasteiger charge is 2.09. The molecule has 0 spiro atoms. The first-order valence-electron chi connectivity index (χ1n) is 3.64. The summed E-state index contributed by atoms with van der Waals surface area (Å²) in [6.07, 6.45) is -0.705. The van der Waals surface area contributed by atoms with Crippen LogP contribution < -0.4 is 11.1 Å². The van der Waals surface area contributed by atoms with Crippen molar-refractivity contribution in [2.75, 3.05) is 32.9 Å². The zero-order chi connectivity index (χ0) is 8.10. The fourth-order valence-corrected chi connectivity index (χ4v) is 0.995. The highest BCUT2D eigenvalue weighted by atomic mass is 16.6. The minimum atomic E-state index is -0.705. The third-order valence-corrected chi connectivity index (χ3v) is 1.60. The molecular formula is C6H13N3O2. The smallest absolute Gasteiger partial charge is 0.405 e. The second-order valence-electron chi connectivity index (χ2n) is 2.46. The number of nitrogens with two attached hydrogens (primary N) is 1. The minimum absolute atomic E-state index is 0.316.